The first kappa shape index (κ1) is 17.9. The first-order chi connectivity index (χ1) is 14.1. The fourth-order valence-electron chi connectivity index (χ4n) is 4.17. The van der Waals surface area contributed by atoms with Crippen molar-refractivity contribution in [1.29, 1.82) is 0 Å². The highest BCUT2D eigenvalue weighted by Crippen LogP contribution is 2.43. The van der Waals surface area contributed by atoms with Gasteiger partial charge in [-0.25, -0.2) is 4.63 Å². The predicted octanol–water partition coefficient (Wildman–Crippen LogP) is 5.01. The van der Waals surface area contributed by atoms with Crippen LogP contribution in [0.2, 0.25) is 5.02 Å². The second kappa shape index (κ2) is 7.04. The molecule has 0 bridgehead atoms. The Kier molecular flexibility index (Phi) is 4.36. The molecule has 2 aliphatic rings. The van der Waals surface area contributed by atoms with Crippen molar-refractivity contribution in [1.82, 2.24) is 10.3 Å². The van der Waals surface area contributed by atoms with Crippen LogP contribution in [0.25, 0.3) is 0 Å². The van der Waals surface area contributed by atoms with Crippen LogP contribution in [0.1, 0.15) is 41.5 Å². The monoisotopic (exact) mass is 406 g/mol. The van der Waals surface area contributed by atoms with Gasteiger partial charge in [0.1, 0.15) is 0 Å². The van der Waals surface area contributed by atoms with Crippen LogP contribution in [0.4, 0.5) is 11.6 Å². The molecule has 1 aliphatic heterocycles. The molecule has 2 atom stereocenters. The third kappa shape index (κ3) is 3.29. The number of benzene rings is 2. The number of nitrogens with zero attached hydrogens (tertiary/aromatic N) is 2. The minimum absolute atomic E-state index is 0.111. The molecule has 2 heterocycles. The number of halogens is 1. The maximum atomic E-state index is 13.3. The summed E-state index contributed by atoms with van der Waals surface area (Å²) in [6, 6.07) is 15.5. The van der Waals surface area contributed by atoms with Crippen LogP contribution in [0.3, 0.4) is 0 Å². The molecular formula is C22H19ClN4O2. The van der Waals surface area contributed by atoms with E-state index < -0.39 is 0 Å². The van der Waals surface area contributed by atoms with Crippen LogP contribution in [0, 0.1) is 6.92 Å². The summed E-state index contributed by atoms with van der Waals surface area (Å²) < 4.78 is 4.91. The molecule has 3 aromatic rings. The van der Waals surface area contributed by atoms with E-state index >= 15 is 0 Å². The van der Waals surface area contributed by atoms with Gasteiger partial charge in [0.05, 0.1) is 6.04 Å². The van der Waals surface area contributed by atoms with Crippen molar-refractivity contribution in [2.75, 3.05) is 10.6 Å². The lowest BCUT2D eigenvalue weighted by atomic mass is 9.78. The van der Waals surface area contributed by atoms with E-state index in [-0.39, 0.29) is 17.7 Å². The number of hydrogen-bond donors (Lipinski definition) is 2. The number of fused-ring (bicyclic) bond motifs is 1. The summed E-state index contributed by atoms with van der Waals surface area (Å²) in [4.78, 5) is 13.3. The molecule has 1 aliphatic carbocycles. The Bertz CT molecular complexity index is 1120. The molecule has 0 radical (unpaired) electrons. The molecule has 6 nitrogen and oxygen atoms in total. The van der Waals surface area contributed by atoms with Gasteiger partial charge in [0.15, 0.2) is 5.78 Å². The number of anilines is 2. The Labute approximate surface area is 172 Å². The zero-order chi connectivity index (χ0) is 20.0. The molecular weight excluding hydrogens is 388 g/mol. The number of rotatable bonds is 2. The van der Waals surface area contributed by atoms with Crippen LogP contribution >= 0.6 is 11.6 Å². The van der Waals surface area contributed by atoms with Crippen molar-refractivity contribution in [3.05, 3.63) is 81.5 Å². The highest BCUT2D eigenvalue weighted by atomic mass is 35.5. The van der Waals surface area contributed by atoms with E-state index in [1.165, 1.54) is 11.1 Å². The normalized spacial score (nSPS) is 21.0. The molecule has 29 heavy (non-hydrogen) atoms. The first-order valence-electron chi connectivity index (χ1n) is 9.53. The summed E-state index contributed by atoms with van der Waals surface area (Å²) in [6.45, 7) is 2.07. The van der Waals surface area contributed by atoms with Gasteiger partial charge in [-0.1, -0.05) is 53.6 Å². The Morgan fingerprint density at radius 1 is 1.03 bits per heavy atom. The number of ketones is 1. The zero-order valence-corrected chi connectivity index (χ0v) is 16.5. The second-order valence-electron chi connectivity index (χ2n) is 7.55. The number of aromatic nitrogens is 2. The molecule has 0 amide bonds. The summed E-state index contributed by atoms with van der Waals surface area (Å²) in [5.41, 5.74) is 4.87. The predicted molar refractivity (Wildman–Crippen MR) is 111 cm³/mol. The van der Waals surface area contributed by atoms with Gasteiger partial charge in [0.2, 0.25) is 11.6 Å². The summed E-state index contributed by atoms with van der Waals surface area (Å²) in [6.07, 6.45) is 1.17. The molecule has 0 spiro atoms. The molecule has 0 saturated heterocycles. The van der Waals surface area contributed by atoms with E-state index in [1.807, 2.05) is 30.3 Å². The van der Waals surface area contributed by atoms with Gasteiger partial charge < -0.3 is 10.6 Å². The topological polar surface area (TPSA) is 80.1 Å². The van der Waals surface area contributed by atoms with Gasteiger partial charge >= 0.3 is 0 Å². The zero-order valence-electron chi connectivity index (χ0n) is 15.8. The van der Waals surface area contributed by atoms with Crippen LogP contribution in [-0.2, 0) is 4.79 Å². The molecule has 1 aromatic heterocycles. The number of allylic oxidation sites excluding steroid dienone is 1. The lowest BCUT2D eigenvalue weighted by Gasteiger charge is -2.29. The summed E-state index contributed by atoms with van der Waals surface area (Å²) in [7, 11) is 0. The standard InChI is InChI=1S/C22H19ClN4O2/c1-12-3-2-4-14(9-12)15-10-17-19(18(28)11-15)20(13-5-7-16(23)8-6-13)25-22-21(24-17)26-29-27-22/h2-9,15,20H,10-11H2,1H3,(H,24,26)(H,25,27). The second-order valence-corrected chi connectivity index (χ2v) is 7.99. The molecule has 2 aromatic carbocycles. The van der Waals surface area contributed by atoms with Crippen molar-refractivity contribution in [3.8, 4) is 0 Å². The van der Waals surface area contributed by atoms with E-state index in [0.717, 1.165) is 16.8 Å². The molecule has 146 valence electrons. The molecule has 7 heteroatoms. The maximum Gasteiger partial charge on any atom is 0.219 e. The average molecular weight is 407 g/mol. The average Bonchev–Trinajstić information content (AvgIpc) is 3.07. The Balaban J connectivity index is 1.59. The van der Waals surface area contributed by atoms with E-state index in [2.05, 4.69) is 46.1 Å². The first-order valence-corrected chi connectivity index (χ1v) is 9.90. The van der Waals surface area contributed by atoms with Crippen LogP contribution in [-0.4, -0.2) is 16.1 Å². The molecule has 5 rings (SSSR count). The number of hydrogen-bond acceptors (Lipinski definition) is 6. The van der Waals surface area contributed by atoms with Gasteiger partial charge in [-0.3, -0.25) is 4.79 Å². The third-order valence-electron chi connectivity index (χ3n) is 5.55. The number of nitrogens with one attached hydrogen (secondary N) is 2. The van der Waals surface area contributed by atoms with E-state index in [1.54, 1.807) is 0 Å². The molecule has 0 saturated carbocycles. The van der Waals surface area contributed by atoms with Crippen molar-refractivity contribution in [3.63, 3.8) is 0 Å². The SMILES string of the molecule is Cc1cccc(C2CC(=O)C3=C(C2)Nc2nonc2NC3c2ccc(Cl)cc2)c1. The minimum atomic E-state index is -0.353. The largest absolute Gasteiger partial charge is 0.353 e. The molecule has 2 unspecified atom stereocenters. The van der Waals surface area contributed by atoms with Gasteiger partial charge in [-0.2, -0.15) is 0 Å². The fourth-order valence-corrected chi connectivity index (χ4v) is 4.29. The van der Waals surface area contributed by atoms with E-state index in [4.69, 9.17) is 16.2 Å². The lowest BCUT2D eigenvalue weighted by Crippen LogP contribution is -2.27. The third-order valence-corrected chi connectivity index (χ3v) is 5.80. The smallest absolute Gasteiger partial charge is 0.219 e. The Hall–Kier alpha value is -3.12. The van der Waals surface area contributed by atoms with Crippen LogP contribution in [0.5, 0.6) is 0 Å². The summed E-state index contributed by atoms with van der Waals surface area (Å²) >= 11 is 6.06. The Morgan fingerprint density at radius 2 is 1.83 bits per heavy atom. The Morgan fingerprint density at radius 3 is 2.62 bits per heavy atom. The number of aryl methyl sites for hydroxylation is 1. The maximum absolute atomic E-state index is 13.3. The minimum Gasteiger partial charge on any atom is -0.353 e. The number of carbonyl (C=O) groups excluding carboxylic acids is 1. The molecule has 2 N–H and O–H groups in total. The van der Waals surface area contributed by atoms with Gasteiger partial charge in [-0.15, -0.1) is 0 Å². The van der Waals surface area contributed by atoms with E-state index in [9.17, 15) is 4.79 Å². The van der Waals surface area contributed by atoms with E-state index in [0.29, 0.717) is 29.5 Å². The highest BCUT2D eigenvalue weighted by Gasteiger charge is 2.37. The molecule has 0 fully saturated rings. The van der Waals surface area contributed by atoms with Crippen molar-refractivity contribution < 1.29 is 9.42 Å². The van der Waals surface area contributed by atoms with Crippen LogP contribution < -0.4 is 10.6 Å². The summed E-state index contributed by atoms with van der Waals surface area (Å²) in [5.74, 6) is 1.20. The number of carbonyl (C=O) groups is 1. The van der Waals surface area contributed by atoms with Crippen molar-refractivity contribution >= 4 is 29.0 Å². The van der Waals surface area contributed by atoms with Gasteiger partial charge in [0.25, 0.3) is 0 Å². The van der Waals surface area contributed by atoms with Gasteiger partial charge in [-0.05, 0) is 52.8 Å². The number of Topliss-reactive ketones (excluding diaryl/α,β-unsaturated/α-hetero) is 1. The fraction of sp³-hybridized carbons (Fsp3) is 0.227. The highest BCUT2D eigenvalue weighted by molar-refractivity contribution is 6.30. The summed E-state index contributed by atoms with van der Waals surface area (Å²) in [5, 5.41) is 15.2. The van der Waals surface area contributed by atoms with Crippen molar-refractivity contribution in [2.24, 2.45) is 0 Å². The van der Waals surface area contributed by atoms with Crippen LogP contribution in [0.15, 0.2) is 64.4 Å². The lowest BCUT2D eigenvalue weighted by molar-refractivity contribution is -0.116. The van der Waals surface area contributed by atoms with Crippen molar-refractivity contribution in [2.45, 2.75) is 31.7 Å². The van der Waals surface area contributed by atoms with Gasteiger partial charge in [0, 0.05) is 22.7 Å². The quantitative estimate of drug-likeness (QED) is 0.622.